The summed E-state index contributed by atoms with van der Waals surface area (Å²) in [6.07, 6.45) is 11.6. The van der Waals surface area contributed by atoms with E-state index in [1.165, 1.54) is 5.57 Å². The van der Waals surface area contributed by atoms with Crippen LogP contribution in [0.4, 0.5) is 0 Å². The van der Waals surface area contributed by atoms with Crippen LogP contribution >= 0.6 is 0 Å². The van der Waals surface area contributed by atoms with Crippen molar-refractivity contribution >= 4 is 8.32 Å². The molecule has 122 valence electrons. The van der Waals surface area contributed by atoms with E-state index in [0.29, 0.717) is 5.04 Å². The molecule has 0 aromatic heterocycles. The Morgan fingerprint density at radius 3 is 2.62 bits per heavy atom. The summed E-state index contributed by atoms with van der Waals surface area (Å²) in [6.45, 7) is 14.2. The summed E-state index contributed by atoms with van der Waals surface area (Å²) in [4.78, 5) is 0. The van der Waals surface area contributed by atoms with Gasteiger partial charge in [0, 0.05) is 6.61 Å². The van der Waals surface area contributed by atoms with Crippen molar-refractivity contribution in [1.29, 1.82) is 0 Å². The van der Waals surface area contributed by atoms with E-state index >= 15 is 0 Å². The number of hydrogen-bond acceptors (Lipinski definition) is 2. The molecule has 3 heteroatoms. The largest absolute Gasteiger partial charge is 0.417 e. The molecule has 1 aliphatic rings. The van der Waals surface area contributed by atoms with Crippen molar-refractivity contribution in [2.45, 2.75) is 83.5 Å². The molecule has 0 saturated heterocycles. The fourth-order valence-electron chi connectivity index (χ4n) is 2.31. The topological polar surface area (TPSA) is 29.5 Å². The Hall–Kier alpha value is -0.383. The summed E-state index contributed by atoms with van der Waals surface area (Å²) in [7, 11) is -1.58. The first-order valence-electron chi connectivity index (χ1n) is 8.28. The van der Waals surface area contributed by atoms with Crippen molar-refractivity contribution in [2.24, 2.45) is 0 Å². The summed E-state index contributed by atoms with van der Waals surface area (Å²) in [5.74, 6) is 0. The molecular weight excluding hydrogens is 276 g/mol. The van der Waals surface area contributed by atoms with Gasteiger partial charge in [0.25, 0.3) is 0 Å². The second kappa shape index (κ2) is 7.25. The van der Waals surface area contributed by atoms with Crippen LogP contribution in [-0.4, -0.2) is 25.6 Å². The highest BCUT2D eigenvalue weighted by atomic mass is 28.4. The van der Waals surface area contributed by atoms with Gasteiger partial charge in [-0.3, -0.25) is 0 Å². The highest BCUT2D eigenvalue weighted by Gasteiger charge is 2.36. The van der Waals surface area contributed by atoms with Crippen molar-refractivity contribution < 1.29 is 9.53 Å². The first-order valence-corrected chi connectivity index (χ1v) is 11.2. The van der Waals surface area contributed by atoms with Crippen molar-refractivity contribution in [2.75, 3.05) is 6.61 Å². The molecule has 1 unspecified atom stereocenters. The van der Waals surface area contributed by atoms with Gasteiger partial charge in [-0.1, -0.05) is 39.0 Å². The van der Waals surface area contributed by atoms with Gasteiger partial charge >= 0.3 is 0 Å². The zero-order valence-corrected chi connectivity index (χ0v) is 15.8. The molecule has 0 saturated carbocycles. The van der Waals surface area contributed by atoms with E-state index in [1.54, 1.807) is 0 Å². The van der Waals surface area contributed by atoms with Crippen LogP contribution in [0.2, 0.25) is 18.1 Å². The molecule has 2 nitrogen and oxygen atoms in total. The quantitative estimate of drug-likeness (QED) is 0.539. The van der Waals surface area contributed by atoms with E-state index in [0.717, 1.165) is 38.7 Å². The molecule has 1 aliphatic carbocycles. The number of allylic oxidation sites excluding steroid dienone is 3. The van der Waals surface area contributed by atoms with Gasteiger partial charge in [0.1, 0.15) is 0 Å². The van der Waals surface area contributed by atoms with E-state index in [9.17, 15) is 5.11 Å². The van der Waals surface area contributed by atoms with Crippen LogP contribution < -0.4 is 0 Å². The molecule has 0 fully saturated rings. The molecule has 0 bridgehead atoms. The summed E-state index contributed by atoms with van der Waals surface area (Å²) in [5, 5.41) is 10.3. The van der Waals surface area contributed by atoms with Crippen molar-refractivity contribution in [3.8, 4) is 0 Å². The zero-order valence-electron chi connectivity index (χ0n) is 14.8. The van der Waals surface area contributed by atoms with E-state index in [2.05, 4.69) is 46.0 Å². The normalized spacial score (nSPS) is 24.4. The molecule has 0 radical (unpaired) electrons. The summed E-state index contributed by atoms with van der Waals surface area (Å²) < 4.78 is 6.17. The molecule has 0 aliphatic heterocycles. The Morgan fingerprint density at radius 2 is 2.05 bits per heavy atom. The molecule has 1 N–H and O–H groups in total. The summed E-state index contributed by atoms with van der Waals surface area (Å²) in [5.41, 5.74) is 0.667. The van der Waals surface area contributed by atoms with E-state index < -0.39 is 13.9 Å². The Balaban J connectivity index is 2.29. The van der Waals surface area contributed by atoms with Gasteiger partial charge in [-0.2, -0.15) is 0 Å². The van der Waals surface area contributed by atoms with Crippen LogP contribution in [0, 0.1) is 0 Å². The third-order valence-corrected chi connectivity index (χ3v) is 9.30. The Bertz CT molecular complexity index is 387. The molecule has 0 amide bonds. The lowest BCUT2D eigenvalue weighted by atomic mass is 9.88. The molecule has 0 aromatic carbocycles. The van der Waals surface area contributed by atoms with E-state index in [-0.39, 0.29) is 0 Å². The van der Waals surface area contributed by atoms with Crippen molar-refractivity contribution in [3.63, 3.8) is 0 Å². The van der Waals surface area contributed by atoms with Gasteiger partial charge in [0.15, 0.2) is 8.32 Å². The van der Waals surface area contributed by atoms with Gasteiger partial charge in [-0.25, -0.2) is 0 Å². The highest BCUT2D eigenvalue weighted by Crippen LogP contribution is 2.36. The monoisotopic (exact) mass is 310 g/mol. The second-order valence-corrected chi connectivity index (χ2v) is 12.9. The molecule has 0 aromatic rings. The van der Waals surface area contributed by atoms with Gasteiger partial charge in [-0.05, 0) is 62.7 Å². The SMILES string of the molecule is CC1(O)C=C(/C=C/CCCO[Si](C)(C)C(C)(C)C)CCC1. The Morgan fingerprint density at radius 1 is 1.38 bits per heavy atom. The fraction of sp³-hybridized carbons (Fsp3) is 0.778. The fourth-order valence-corrected chi connectivity index (χ4v) is 3.39. The van der Waals surface area contributed by atoms with Crippen LogP contribution in [-0.2, 0) is 4.43 Å². The Kier molecular flexibility index (Phi) is 6.45. The van der Waals surface area contributed by atoms with Crippen LogP contribution in [0.25, 0.3) is 0 Å². The maximum absolute atomic E-state index is 10.0. The predicted octanol–water partition coefficient (Wildman–Crippen LogP) is 5.21. The molecule has 1 atom stereocenters. The number of unbranched alkanes of at least 4 members (excludes halogenated alkanes) is 1. The minimum absolute atomic E-state index is 0.293. The van der Waals surface area contributed by atoms with Gasteiger partial charge in [0.2, 0.25) is 0 Å². The van der Waals surface area contributed by atoms with Crippen molar-refractivity contribution in [3.05, 3.63) is 23.8 Å². The van der Waals surface area contributed by atoms with Gasteiger partial charge < -0.3 is 9.53 Å². The second-order valence-electron chi connectivity index (χ2n) is 8.08. The lowest BCUT2D eigenvalue weighted by molar-refractivity contribution is 0.0935. The average Bonchev–Trinajstić information content (AvgIpc) is 2.31. The van der Waals surface area contributed by atoms with Crippen LogP contribution in [0.15, 0.2) is 23.8 Å². The number of hydrogen-bond donors (Lipinski definition) is 1. The molecular formula is C18H34O2Si. The highest BCUT2D eigenvalue weighted by molar-refractivity contribution is 6.74. The average molecular weight is 311 g/mol. The standard InChI is InChI=1S/C18H34O2Si/c1-17(2,3)21(5,6)20-14-9-7-8-11-16-12-10-13-18(4,19)15-16/h8,11,15,19H,7,9-10,12-14H2,1-6H3/b11-8+. The molecule has 21 heavy (non-hydrogen) atoms. The first kappa shape index (κ1) is 18.7. The predicted molar refractivity (Wildman–Crippen MR) is 94.1 cm³/mol. The number of rotatable bonds is 6. The van der Waals surface area contributed by atoms with Crippen LogP contribution in [0.5, 0.6) is 0 Å². The van der Waals surface area contributed by atoms with E-state index in [1.807, 2.05) is 13.0 Å². The van der Waals surface area contributed by atoms with Crippen LogP contribution in [0.1, 0.15) is 59.8 Å². The maximum Gasteiger partial charge on any atom is 0.191 e. The van der Waals surface area contributed by atoms with Gasteiger partial charge in [0.05, 0.1) is 5.60 Å². The van der Waals surface area contributed by atoms with E-state index in [4.69, 9.17) is 4.43 Å². The first-order chi connectivity index (χ1) is 9.54. The maximum atomic E-state index is 10.0. The smallest absolute Gasteiger partial charge is 0.191 e. The minimum Gasteiger partial charge on any atom is -0.417 e. The number of aliphatic hydroxyl groups is 1. The molecule has 0 heterocycles. The summed E-state index contributed by atoms with van der Waals surface area (Å²) in [6, 6.07) is 0. The third kappa shape index (κ3) is 6.49. The molecule has 0 spiro atoms. The molecule has 1 rings (SSSR count). The lowest BCUT2D eigenvalue weighted by Crippen LogP contribution is -2.40. The lowest BCUT2D eigenvalue weighted by Gasteiger charge is -2.36. The minimum atomic E-state index is -1.58. The Labute approximate surface area is 132 Å². The van der Waals surface area contributed by atoms with Gasteiger partial charge in [-0.15, -0.1) is 0 Å². The third-order valence-electron chi connectivity index (χ3n) is 4.76. The van der Waals surface area contributed by atoms with Crippen LogP contribution in [0.3, 0.4) is 0 Å². The zero-order chi connectivity index (χ0) is 16.1. The van der Waals surface area contributed by atoms with Crippen molar-refractivity contribution in [1.82, 2.24) is 0 Å². The summed E-state index contributed by atoms with van der Waals surface area (Å²) >= 11 is 0.